The first-order valence-corrected chi connectivity index (χ1v) is 8.49. The molecular formula is C19H28N2O5. The highest BCUT2D eigenvalue weighted by molar-refractivity contribution is 5.88. The van der Waals surface area contributed by atoms with Crippen molar-refractivity contribution in [2.45, 2.75) is 51.7 Å². The molecule has 0 spiro atoms. The molecule has 2 amide bonds. The van der Waals surface area contributed by atoms with Gasteiger partial charge in [-0.15, -0.1) is 0 Å². The molecule has 1 N–H and O–H groups in total. The molecule has 144 valence electrons. The molecule has 7 nitrogen and oxygen atoms in total. The Morgan fingerprint density at radius 1 is 1.15 bits per heavy atom. The van der Waals surface area contributed by atoms with Gasteiger partial charge in [0.15, 0.2) is 0 Å². The molecule has 0 fully saturated rings. The molecule has 7 heteroatoms. The third-order valence-corrected chi connectivity index (χ3v) is 3.48. The fourth-order valence-electron chi connectivity index (χ4n) is 2.25. The number of nitrogens with zero attached hydrogens (tertiary/aromatic N) is 1. The van der Waals surface area contributed by atoms with Crippen LogP contribution in [0, 0.1) is 0 Å². The van der Waals surface area contributed by atoms with Crippen molar-refractivity contribution in [3.8, 4) is 0 Å². The molecule has 1 aromatic carbocycles. The molecule has 0 radical (unpaired) electrons. The summed E-state index contributed by atoms with van der Waals surface area (Å²) in [6.07, 6.45) is 0.284. The van der Waals surface area contributed by atoms with Crippen LogP contribution >= 0.6 is 0 Å². The normalized spacial score (nSPS) is 12.2. The molecule has 1 aromatic rings. The Hall–Kier alpha value is -2.41. The van der Waals surface area contributed by atoms with Gasteiger partial charge in [0.1, 0.15) is 11.6 Å². The monoisotopic (exact) mass is 364 g/mol. The number of hydrogen-bond acceptors (Lipinski definition) is 5. The Morgan fingerprint density at radius 2 is 1.77 bits per heavy atom. The summed E-state index contributed by atoms with van der Waals surface area (Å²) >= 11 is 0. The molecule has 0 aliphatic rings. The minimum absolute atomic E-state index is 0.0108. The fraction of sp³-hybridized carbons (Fsp3) is 0.526. The summed E-state index contributed by atoms with van der Waals surface area (Å²) in [6.45, 7) is 5.32. The standard InChI is InChI=1S/C19H28N2O5/c1-19(2,3)26-17(23)12-11-15(18(24)21(4)25-5)20-16(22)13-14-9-7-6-8-10-14/h6-10,15H,11-13H2,1-5H3,(H,20,22)/t15-/m0/s1. The van der Waals surface area contributed by atoms with Crippen LogP contribution < -0.4 is 5.32 Å². The van der Waals surface area contributed by atoms with E-state index in [1.807, 2.05) is 30.3 Å². The Labute approximate surface area is 154 Å². The van der Waals surface area contributed by atoms with E-state index in [4.69, 9.17) is 9.57 Å². The van der Waals surface area contributed by atoms with Gasteiger partial charge < -0.3 is 10.1 Å². The van der Waals surface area contributed by atoms with Gasteiger partial charge in [0.2, 0.25) is 5.91 Å². The third kappa shape index (κ3) is 8.11. The molecule has 0 bridgehead atoms. The van der Waals surface area contributed by atoms with Crippen molar-refractivity contribution < 1.29 is 24.0 Å². The number of likely N-dealkylation sites (N-methyl/N-ethyl adjacent to an activating group) is 1. The van der Waals surface area contributed by atoms with Crippen molar-refractivity contribution in [2.24, 2.45) is 0 Å². The van der Waals surface area contributed by atoms with E-state index in [9.17, 15) is 14.4 Å². The van der Waals surface area contributed by atoms with Crippen LogP contribution in [-0.2, 0) is 30.4 Å². The molecule has 0 aliphatic heterocycles. The second-order valence-corrected chi connectivity index (χ2v) is 6.93. The van der Waals surface area contributed by atoms with Gasteiger partial charge in [0, 0.05) is 13.5 Å². The highest BCUT2D eigenvalue weighted by atomic mass is 16.7. The summed E-state index contributed by atoms with van der Waals surface area (Å²) < 4.78 is 5.25. The summed E-state index contributed by atoms with van der Waals surface area (Å²) in [4.78, 5) is 41.5. The molecule has 0 aromatic heterocycles. The van der Waals surface area contributed by atoms with Gasteiger partial charge in [-0.25, -0.2) is 5.06 Å². The number of benzene rings is 1. The molecule has 0 saturated heterocycles. The summed E-state index contributed by atoms with van der Waals surface area (Å²) in [5.74, 6) is -1.16. The van der Waals surface area contributed by atoms with Crippen molar-refractivity contribution in [3.63, 3.8) is 0 Å². The Morgan fingerprint density at radius 3 is 2.31 bits per heavy atom. The Balaban J connectivity index is 2.70. The molecule has 26 heavy (non-hydrogen) atoms. The van der Waals surface area contributed by atoms with Crippen molar-refractivity contribution in [2.75, 3.05) is 14.2 Å². The predicted molar refractivity (Wildman–Crippen MR) is 96.9 cm³/mol. The Bertz CT molecular complexity index is 610. The SMILES string of the molecule is CON(C)C(=O)[C@H](CCC(=O)OC(C)(C)C)NC(=O)Cc1ccccc1. The van der Waals surface area contributed by atoms with Crippen LogP contribution in [0.5, 0.6) is 0 Å². The smallest absolute Gasteiger partial charge is 0.306 e. The summed E-state index contributed by atoms with van der Waals surface area (Å²) in [6, 6.07) is 8.33. The van der Waals surface area contributed by atoms with Crippen LogP contribution in [0.15, 0.2) is 30.3 Å². The van der Waals surface area contributed by atoms with Gasteiger partial charge in [-0.1, -0.05) is 30.3 Å². The maximum Gasteiger partial charge on any atom is 0.306 e. The number of esters is 1. The summed E-state index contributed by atoms with van der Waals surface area (Å²) in [7, 11) is 2.81. The van der Waals surface area contributed by atoms with E-state index >= 15 is 0 Å². The fourth-order valence-corrected chi connectivity index (χ4v) is 2.25. The van der Waals surface area contributed by atoms with E-state index in [-0.39, 0.29) is 25.2 Å². The predicted octanol–water partition coefficient (Wildman–Crippen LogP) is 1.86. The van der Waals surface area contributed by atoms with E-state index in [1.165, 1.54) is 14.2 Å². The lowest BCUT2D eigenvalue weighted by atomic mass is 10.1. The van der Waals surface area contributed by atoms with Crippen molar-refractivity contribution in [1.82, 2.24) is 10.4 Å². The molecule has 1 atom stereocenters. The molecule has 0 unspecified atom stereocenters. The van der Waals surface area contributed by atoms with Crippen LogP contribution in [0.2, 0.25) is 0 Å². The van der Waals surface area contributed by atoms with Gasteiger partial charge in [-0.2, -0.15) is 0 Å². The lowest BCUT2D eigenvalue weighted by molar-refractivity contribution is -0.172. The number of amides is 2. The third-order valence-electron chi connectivity index (χ3n) is 3.48. The summed E-state index contributed by atoms with van der Waals surface area (Å²) in [5, 5.41) is 3.71. The minimum Gasteiger partial charge on any atom is -0.460 e. The topological polar surface area (TPSA) is 84.9 Å². The first-order valence-electron chi connectivity index (χ1n) is 8.49. The maximum absolute atomic E-state index is 12.4. The summed E-state index contributed by atoms with van der Waals surface area (Å²) in [5.41, 5.74) is 0.236. The molecule has 0 saturated carbocycles. The first kappa shape index (κ1) is 21.6. The average Bonchev–Trinajstić information content (AvgIpc) is 2.56. The van der Waals surface area contributed by atoms with Crippen LogP contribution in [-0.4, -0.2) is 48.6 Å². The number of hydrogen-bond donors (Lipinski definition) is 1. The maximum atomic E-state index is 12.4. The lowest BCUT2D eigenvalue weighted by Gasteiger charge is -2.24. The van der Waals surface area contributed by atoms with E-state index < -0.39 is 23.5 Å². The van der Waals surface area contributed by atoms with Crippen molar-refractivity contribution in [3.05, 3.63) is 35.9 Å². The zero-order valence-electron chi connectivity index (χ0n) is 16.1. The highest BCUT2D eigenvalue weighted by Crippen LogP contribution is 2.11. The van der Waals surface area contributed by atoms with Gasteiger partial charge in [0.05, 0.1) is 13.5 Å². The average molecular weight is 364 g/mol. The van der Waals surface area contributed by atoms with E-state index in [2.05, 4.69) is 5.32 Å². The largest absolute Gasteiger partial charge is 0.460 e. The van der Waals surface area contributed by atoms with E-state index in [1.54, 1.807) is 20.8 Å². The quantitative estimate of drug-likeness (QED) is 0.562. The zero-order chi connectivity index (χ0) is 19.7. The number of carbonyl (C=O) groups excluding carboxylic acids is 3. The lowest BCUT2D eigenvalue weighted by Crippen LogP contribution is -2.47. The van der Waals surface area contributed by atoms with E-state index in [0.717, 1.165) is 10.6 Å². The number of nitrogens with one attached hydrogen (secondary N) is 1. The molecule has 0 aliphatic carbocycles. The van der Waals surface area contributed by atoms with Crippen molar-refractivity contribution in [1.29, 1.82) is 0 Å². The zero-order valence-corrected chi connectivity index (χ0v) is 16.1. The van der Waals surface area contributed by atoms with Crippen molar-refractivity contribution >= 4 is 17.8 Å². The number of rotatable bonds is 8. The van der Waals surface area contributed by atoms with Gasteiger partial charge in [-0.05, 0) is 32.8 Å². The van der Waals surface area contributed by atoms with Gasteiger partial charge >= 0.3 is 5.97 Å². The number of carbonyl (C=O) groups is 3. The van der Waals surface area contributed by atoms with Crippen LogP contribution in [0.4, 0.5) is 0 Å². The second kappa shape index (κ2) is 9.91. The van der Waals surface area contributed by atoms with Gasteiger partial charge in [-0.3, -0.25) is 19.2 Å². The van der Waals surface area contributed by atoms with E-state index in [0.29, 0.717) is 0 Å². The second-order valence-electron chi connectivity index (χ2n) is 6.93. The molecule has 0 heterocycles. The number of hydroxylamine groups is 2. The van der Waals surface area contributed by atoms with Crippen LogP contribution in [0.3, 0.4) is 0 Å². The Kier molecular flexibility index (Phi) is 8.25. The van der Waals surface area contributed by atoms with Crippen LogP contribution in [0.25, 0.3) is 0 Å². The minimum atomic E-state index is -0.872. The molecule has 1 rings (SSSR count). The van der Waals surface area contributed by atoms with Crippen LogP contribution in [0.1, 0.15) is 39.2 Å². The highest BCUT2D eigenvalue weighted by Gasteiger charge is 2.26. The van der Waals surface area contributed by atoms with Gasteiger partial charge in [0.25, 0.3) is 5.91 Å². The molecular weight excluding hydrogens is 336 g/mol. The number of ether oxygens (including phenoxy) is 1. The first-order chi connectivity index (χ1) is 12.1.